The number of carboxylic acid groups (broad SMARTS) is 1. The number of benzene rings is 3. The van der Waals surface area contributed by atoms with Gasteiger partial charge in [0, 0.05) is 12.1 Å². The zero-order chi connectivity index (χ0) is 21.1. The van der Waals surface area contributed by atoms with Gasteiger partial charge in [-0.3, -0.25) is 10.1 Å². The second-order valence-corrected chi connectivity index (χ2v) is 7.24. The first-order chi connectivity index (χ1) is 14.6. The van der Waals surface area contributed by atoms with Crippen LogP contribution in [-0.4, -0.2) is 38.8 Å². The second-order valence-electron chi connectivity index (χ2n) is 7.24. The van der Waals surface area contributed by atoms with E-state index in [2.05, 4.69) is 41.5 Å². The molecule has 0 aliphatic carbocycles. The first kappa shape index (κ1) is 19.8. The van der Waals surface area contributed by atoms with Gasteiger partial charge in [-0.25, -0.2) is 4.98 Å². The van der Waals surface area contributed by atoms with Crippen LogP contribution in [0.25, 0.3) is 33.5 Å². The minimum absolute atomic E-state index is 0.338. The number of aromatic nitrogens is 2. The summed E-state index contributed by atoms with van der Waals surface area (Å²) in [4.78, 5) is 19.2. The fourth-order valence-electron chi connectivity index (χ4n) is 3.59. The zero-order valence-electron chi connectivity index (χ0n) is 16.6. The van der Waals surface area contributed by atoms with E-state index in [-0.39, 0.29) is 0 Å². The number of hydrogen-bond donors (Lipinski definition) is 4. The number of rotatable bonds is 7. The molecule has 0 spiro atoms. The molecule has 0 saturated carbocycles. The summed E-state index contributed by atoms with van der Waals surface area (Å²) < 4.78 is 0. The Hall–Kier alpha value is -3.48. The van der Waals surface area contributed by atoms with Gasteiger partial charge >= 0.3 is 5.97 Å². The monoisotopic (exact) mass is 401 g/mol. The summed E-state index contributed by atoms with van der Waals surface area (Å²) in [6.07, 6.45) is 0. The number of fused-ring (bicyclic) bond motifs is 1. The molecule has 1 atom stereocenters. The number of carbonyl (C=O) groups is 1. The van der Waals surface area contributed by atoms with Crippen LogP contribution in [0.1, 0.15) is 11.1 Å². The van der Waals surface area contributed by atoms with Gasteiger partial charge in [0.15, 0.2) is 0 Å². The smallest absolute Gasteiger partial charge is 0.323 e. The molecular formula is C24H23N3O3. The molecule has 0 saturated heterocycles. The molecule has 4 rings (SSSR count). The van der Waals surface area contributed by atoms with Crippen LogP contribution in [0, 0.1) is 6.92 Å². The SMILES string of the molecule is Cc1c(-c2ccccc2)cccc1-c1nc2ccc(CN[C@H](CO)C(=O)O)cc2[nH]1. The van der Waals surface area contributed by atoms with E-state index in [4.69, 9.17) is 15.2 Å². The standard InChI is InChI=1S/C24H23N3O3/c1-15-18(17-6-3-2-4-7-17)8-5-9-19(15)23-26-20-11-10-16(12-21(20)27-23)13-25-22(14-28)24(29)30/h2-12,22,25,28H,13-14H2,1H3,(H,26,27)(H,29,30)/t22-/m1/s1. The summed E-state index contributed by atoms with van der Waals surface area (Å²) in [6, 6.07) is 21.3. The molecule has 0 unspecified atom stereocenters. The van der Waals surface area contributed by atoms with Crippen molar-refractivity contribution >= 4 is 17.0 Å². The minimum atomic E-state index is -1.07. The quantitative estimate of drug-likeness (QED) is 0.378. The van der Waals surface area contributed by atoms with Crippen molar-refractivity contribution in [2.24, 2.45) is 0 Å². The maximum absolute atomic E-state index is 11.0. The molecule has 0 amide bonds. The molecule has 0 radical (unpaired) electrons. The van der Waals surface area contributed by atoms with E-state index in [1.165, 1.54) is 5.56 Å². The number of nitrogens with one attached hydrogen (secondary N) is 2. The van der Waals surface area contributed by atoms with Gasteiger partial charge in [-0.15, -0.1) is 0 Å². The Morgan fingerprint density at radius 3 is 2.57 bits per heavy atom. The van der Waals surface area contributed by atoms with Crippen LogP contribution in [0.5, 0.6) is 0 Å². The van der Waals surface area contributed by atoms with E-state index in [1.807, 2.05) is 42.5 Å². The Morgan fingerprint density at radius 1 is 1.07 bits per heavy atom. The summed E-state index contributed by atoms with van der Waals surface area (Å²) in [5, 5.41) is 21.0. The normalized spacial score (nSPS) is 12.2. The Balaban J connectivity index is 1.64. The van der Waals surface area contributed by atoms with E-state index < -0.39 is 18.6 Å². The summed E-state index contributed by atoms with van der Waals surface area (Å²) in [5.74, 6) is -0.277. The number of aliphatic hydroxyl groups excluding tert-OH is 1. The molecule has 4 N–H and O–H groups in total. The van der Waals surface area contributed by atoms with Crippen LogP contribution in [0.2, 0.25) is 0 Å². The van der Waals surface area contributed by atoms with Crippen LogP contribution in [0.15, 0.2) is 66.7 Å². The number of aliphatic hydroxyl groups is 1. The largest absolute Gasteiger partial charge is 0.480 e. The van der Waals surface area contributed by atoms with Gasteiger partial charge in [-0.2, -0.15) is 0 Å². The summed E-state index contributed by atoms with van der Waals surface area (Å²) in [7, 11) is 0. The Bertz CT molecular complexity index is 1190. The third kappa shape index (κ3) is 3.96. The van der Waals surface area contributed by atoms with E-state index in [0.29, 0.717) is 6.54 Å². The van der Waals surface area contributed by atoms with Gasteiger partial charge in [0.05, 0.1) is 17.6 Å². The van der Waals surface area contributed by atoms with Crippen molar-refractivity contribution in [2.45, 2.75) is 19.5 Å². The van der Waals surface area contributed by atoms with Crippen molar-refractivity contribution in [1.29, 1.82) is 0 Å². The molecule has 1 aromatic heterocycles. The van der Waals surface area contributed by atoms with Gasteiger partial charge < -0.3 is 15.2 Å². The first-order valence-electron chi connectivity index (χ1n) is 9.78. The van der Waals surface area contributed by atoms with Gasteiger partial charge in [0.2, 0.25) is 0 Å². The highest BCUT2D eigenvalue weighted by Gasteiger charge is 2.15. The number of carboxylic acids is 1. The summed E-state index contributed by atoms with van der Waals surface area (Å²) in [5.41, 5.74) is 7.16. The van der Waals surface area contributed by atoms with Gasteiger partial charge in [0.25, 0.3) is 0 Å². The van der Waals surface area contributed by atoms with Crippen LogP contribution in [0.4, 0.5) is 0 Å². The van der Waals surface area contributed by atoms with Crippen molar-refractivity contribution in [2.75, 3.05) is 6.61 Å². The molecule has 6 nitrogen and oxygen atoms in total. The highest BCUT2D eigenvalue weighted by Crippen LogP contribution is 2.31. The third-order valence-electron chi connectivity index (χ3n) is 5.25. The number of aliphatic carboxylic acids is 1. The van der Waals surface area contributed by atoms with Gasteiger partial charge in [-0.1, -0.05) is 54.6 Å². The minimum Gasteiger partial charge on any atom is -0.480 e. The van der Waals surface area contributed by atoms with Crippen molar-refractivity contribution < 1.29 is 15.0 Å². The second kappa shape index (κ2) is 8.49. The fourth-order valence-corrected chi connectivity index (χ4v) is 3.59. The molecule has 6 heteroatoms. The summed E-state index contributed by atoms with van der Waals surface area (Å²) in [6.45, 7) is 1.98. The lowest BCUT2D eigenvalue weighted by molar-refractivity contribution is -0.140. The lowest BCUT2D eigenvalue weighted by Crippen LogP contribution is -2.39. The molecule has 3 aromatic carbocycles. The maximum Gasteiger partial charge on any atom is 0.323 e. The maximum atomic E-state index is 11.0. The molecule has 30 heavy (non-hydrogen) atoms. The number of H-pyrrole nitrogens is 1. The van der Waals surface area contributed by atoms with Crippen LogP contribution < -0.4 is 5.32 Å². The van der Waals surface area contributed by atoms with E-state index in [0.717, 1.165) is 39.1 Å². The lowest BCUT2D eigenvalue weighted by Gasteiger charge is -2.11. The number of aromatic amines is 1. The van der Waals surface area contributed by atoms with E-state index in [9.17, 15) is 4.79 Å². The Labute approximate surface area is 174 Å². The van der Waals surface area contributed by atoms with Crippen molar-refractivity contribution in [3.8, 4) is 22.5 Å². The molecule has 0 aliphatic rings. The molecule has 0 bridgehead atoms. The average Bonchev–Trinajstić information content (AvgIpc) is 3.18. The average molecular weight is 401 g/mol. The Morgan fingerprint density at radius 2 is 1.83 bits per heavy atom. The van der Waals surface area contributed by atoms with Crippen molar-refractivity contribution in [1.82, 2.24) is 15.3 Å². The number of hydrogen-bond acceptors (Lipinski definition) is 4. The predicted molar refractivity (Wildman–Crippen MR) is 117 cm³/mol. The van der Waals surface area contributed by atoms with Crippen LogP contribution in [0.3, 0.4) is 0 Å². The highest BCUT2D eigenvalue weighted by atomic mass is 16.4. The molecule has 0 fully saturated rings. The molecule has 0 aliphatic heterocycles. The lowest BCUT2D eigenvalue weighted by atomic mass is 9.96. The van der Waals surface area contributed by atoms with Crippen LogP contribution in [-0.2, 0) is 11.3 Å². The van der Waals surface area contributed by atoms with Gasteiger partial charge in [-0.05, 0) is 41.3 Å². The van der Waals surface area contributed by atoms with Crippen molar-refractivity contribution in [3.05, 3.63) is 77.9 Å². The molecule has 4 aromatic rings. The molecule has 152 valence electrons. The fraction of sp³-hybridized carbons (Fsp3) is 0.167. The van der Waals surface area contributed by atoms with Crippen LogP contribution >= 0.6 is 0 Å². The van der Waals surface area contributed by atoms with Crippen molar-refractivity contribution in [3.63, 3.8) is 0 Å². The molecular weight excluding hydrogens is 378 g/mol. The van der Waals surface area contributed by atoms with E-state index in [1.54, 1.807) is 0 Å². The topological polar surface area (TPSA) is 98.2 Å². The van der Waals surface area contributed by atoms with Gasteiger partial charge in [0.1, 0.15) is 11.9 Å². The number of nitrogens with zero attached hydrogens (tertiary/aromatic N) is 1. The predicted octanol–water partition coefficient (Wildman–Crippen LogP) is 3.74. The Kier molecular flexibility index (Phi) is 5.61. The summed E-state index contributed by atoms with van der Waals surface area (Å²) >= 11 is 0. The first-order valence-corrected chi connectivity index (χ1v) is 9.78. The molecule has 1 heterocycles. The van der Waals surface area contributed by atoms with E-state index >= 15 is 0 Å². The zero-order valence-corrected chi connectivity index (χ0v) is 16.6. The number of imidazole rings is 1. The highest BCUT2D eigenvalue weighted by molar-refractivity contribution is 5.83. The third-order valence-corrected chi connectivity index (χ3v) is 5.25.